The van der Waals surface area contributed by atoms with E-state index in [1.807, 2.05) is 6.92 Å². The molecule has 4 heteroatoms. The Bertz CT molecular complexity index is 253. The molecule has 0 fully saturated rings. The molecule has 0 amide bonds. The summed E-state index contributed by atoms with van der Waals surface area (Å²) in [6.45, 7) is 3.20. The van der Waals surface area contributed by atoms with Crippen molar-refractivity contribution in [2.75, 3.05) is 0 Å². The van der Waals surface area contributed by atoms with Crippen LogP contribution in [-0.2, 0) is 19.1 Å². The van der Waals surface area contributed by atoms with E-state index < -0.39 is 11.9 Å². The van der Waals surface area contributed by atoms with Crippen molar-refractivity contribution < 1.29 is 19.1 Å². The van der Waals surface area contributed by atoms with Gasteiger partial charge in [0, 0.05) is 0 Å². The summed E-state index contributed by atoms with van der Waals surface area (Å²) < 4.78 is 4.36. The Kier molecular flexibility index (Phi) is 6.28. The van der Waals surface area contributed by atoms with Crippen molar-refractivity contribution in [2.45, 2.75) is 33.1 Å². The predicted octanol–water partition coefficient (Wildman–Crippen LogP) is 1.39. The molecule has 0 aromatic heterocycles. The summed E-state index contributed by atoms with van der Waals surface area (Å²) >= 11 is 0. The molecule has 14 heavy (non-hydrogen) atoms. The first-order chi connectivity index (χ1) is 6.56. The van der Waals surface area contributed by atoms with Gasteiger partial charge >= 0.3 is 11.9 Å². The van der Waals surface area contributed by atoms with Crippen LogP contribution in [0.15, 0.2) is 12.2 Å². The SMILES string of the molecule is CC/C=C\CC(=O)OC(=O)CC(C)=O. The Hall–Kier alpha value is -1.45. The number of ether oxygens (including phenoxy) is 1. The fourth-order valence-corrected chi connectivity index (χ4v) is 0.754. The molecule has 0 bridgehead atoms. The van der Waals surface area contributed by atoms with Gasteiger partial charge in [0.25, 0.3) is 0 Å². The average molecular weight is 198 g/mol. The molecule has 0 rings (SSSR count). The van der Waals surface area contributed by atoms with Gasteiger partial charge in [-0.05, 0) is 13.3 Å². The minimum absolute atomic E-state index is 0.0669. The number of ketones is 1. The highest BCUT2D eigenvalue weighted by molar-refractivity contribution is 5.98. The third kappa shape index (κ3) is 7.21. The van der Waals surface area contributed by atoms with E-state index in [2.05, 4.69) is 4.74 Å². The molecule has 0 aliphatic carbocycles. The van der Waals surface area contributed by atoms with Crippen LogP contribution in [0, 0.1) is 0 Å². The van der Waals surface area contributed by atoms with Crippen LogP contribution in [0.5, 0.6) is 0 Å². The highest BCUT2D eigenvalue weighted by Crippen LogP contribution is 1.94. The molecular weight excluding hydrogens is 184 g/mol. The molecule has 0 unspecified atom stereocenters. The van der Waals surface area contributed by atoms with Crippen LogP contribution >= 0.6 is 0 Å². The number of rotatable bonds is 5. The van der Waals surface area contributed by atoms with Gasteiger partial charge in [-0.25, -0.2) is 0 Å². The maximum atomic E-state index is 10.9. The average Bonchev–Trinajstić information content (AvgIpc) is 2.02. The molecule has 0 N–H and O–H groups in total. The molecule has 0 aliphatic heterocycles. The molecule has 0 radical (unpaired) electrons. The molecule has 0 aromatic carbocycles. The zero-order valence-corrected chi connectivity index (χ0v) is 8.41. The van der Waals surface area contributed by atoms with Crippen molar-refractivity contribution >= 4 is 17.7 Å². The largest absolute Gasteiger partial charge is 0.393 e. The molecule has 0 aliphatic rings. The van der Waals surface area contributed by atoms with Gasteiger partial charge in [0.1, 0.15) is 12.2 Å². The number of hydrogen-bond acceptors (Lipinski definition) is 4. The van der Waals surface area contributed by atoms with E-state index in [-0.39, 0.29) is 18.6 Å². The van der Waals surface area contributed by atoms with E-state index >= 15 is 0 Å². The topological polar surface area (TPSA) is 60.4 Å². The molecule has 4 nitrogen and oxygen atoms in total. The highest BCUT2D eigenvalue weighted by atomic mass is 16.6. The van der Waals surface area contributed by atoms with Crippen LogP contribution in [0.4, 0.5) is 0 Å². The number of carbonyl (C=O) groups excluding carboxylic acids is 3. The number of hydrogen-bond donors (Lipinski definition) is 0. The minimum Gasteiger partial charge on any atom is -0.393 e. The van der Waals surface area contributed by atoms with E-state index in [0.29, 0.717) is 0 Å². The fraction of sp³-hybridized carbons (Fsp3) is 0.500. The summed E-state index contributed by atoms with van der Waals surface area (Å²) in [5, 5.41) is 0. The predicted molar refractivity (Wildman–Crippen MR) is 50.4 cm³/mol. The fourth-order valence-electron chi connectivity index (χ4n) is 0.754. The smallest absolute Gasteiger partial charge is 0.320 e. The lowest BCUT2D eigenvalue weighted by molar-refractivity contribution is -0.159. The van der Waals surface area contributed by atoms with Gasteiger partial charge in [0.15, 0.2) is 0 Å². The summed E-state index contributed by atoms with van der Waals surface area (Å²) in [7, 11) is 0. The highest BCUT2D eigenvalue weighted by Gasteiger charge is 2.10. The third-order valence-electron chi connectivity index (χ3n) is 1.31. The third-order valence-corrected chi connectivity index (χ3v) is 1.31. The number of carbonyl (C=O) groups is 3. The summed E-state index contributed by atoms with van der Waals surface area (Å²) in [6.07, 6.45) is 3.98. The lowest BCUT2D eigenvalue weighted by Gasteiger charge is -1.98. The second kappa shape index (κ2) is 7.00. The van der Waals surface area contributed by atoms with Gasteiger partial charge in [-0.15, -0.1) is 0 Å². The van der Waals surface area contributed by atoms with E-state index in [9.17, 15) is 14.4 Å². The molecular formula is C10H14O4. The molecule has 78 valence electrons. The summed E-state index contributed by atoms with van der Waals surface area (Å²) in [6, 6.07) is 0. The maximum absolute atomic E-state index is 10.9. The van der Waals surface area contributed by atoms with E-state index in [1.54, 1.807) is 12.2 Å². The Morgan fingerprint density at radius 1 is 1.14 bits per heavy atom. The van der Waals surface area contributed by atoms with Crippen LogP contribution in [-0.4, -0.2) is 17.7 Å². The standard InChI is InChI=1S/C10H14O4/c1-3-4-5-6-9(12)14-10(13)7-8(2)11/h4-5H,3,6-7H2,1-2H3/b5-4-. The second-order valence-electron chi connectivity index (χ2n) is 2.81. The second-order valence-corrected chi connectivity index (χ2v) is 2.81. The molecule has 0 atom stereocenters. The Morgan fingerprint density at radius 2 is 1.79 bits per heavy atom. The number of esters is 2. The van der Waals surface area contributed by atoms with Gasteiger partial charge < -0.3 is 4.74 Å². The number of allylic oxidation sites excluding steroid dienone is 1. The van der Waals surface area contributed by atoms with Gasteiger partial charge in [0.2, 0.25) is 0 Å². The van der Waals surface area contributed by atoms with Gasteiger partial charge in [-0.3, -0.25) is 14.4 Å². The lowest BCUT2D eigenvalue weighted by atomic mass is 10.3. The van der Waals surface area contributed by atoms with Crippen molar-refractivity contribution in [3.8, 4) is 0 Å². The van der Waals surface area contributed by atoms with Crippen LogP contribution in [0.2, 0.25) is 0 Å². The van der Waals surface area contributed by atoms with Crippen molar-refractivity contribution in [3.05, 3.63) is 12.2 Å². The zero-order chi connectivity index (χ0) is 11.0. The minimum atomic E-state index is -0.785. The Morgan fingerprint density at radius 3 is 2.29 bits per heavy atom. The van der Waals surface area contributed by atoms with Gasteiger partial charge in [0.05, 0.1) is 6.42 Å². The van der Waals surface area contributed by atoms with Crippen molar-refractivity contribution in [1.82, 2.24) is 0 Å². The normalized spacial score (nSPS) is 10.1. The lowest BCUT2D eigenvalue weighted by Crippen LogP contribution is -2.13. The van der Waals surface area contributed by atoms with E-state index in [1.165, 1.54) is 6.92 Å². The summed E-state index contributed by atoms with van der Waals surface area (Å²) in [4.78, 5) is 32.2. The Labute approximate surface area is 82.9 Å². The first kappa shape index (κ1) is 12.6. The van der Waals surface area contributed by atoms with Crippen LogP contribution in [0.25, 0.3) is 0 Å². The summed E-state index contributed by atoms with van der Waals surface area (Å²) in [5.41, 5.74) is 0. The molecule has 0 spiro atoms. The van der Waals surface area contributed by atoms with E-state index in [4.69, 9.17) is 0 Å². The molecule has 0 aromatic rings. The van der Waals surface area contributed by atoms with Crippen LogP contribution in [0.1, 0.15) is 33.1 Å². The van der Waals surface area contributed by atoms with Crippen molar-refractivity contribution in [1.29, 1.82) is 0 Å². The summed E-state index contributed by atoms with van der Waals surface area (Å²) in [5.74, 6) is -1.72. The molecule has 0 saturated heterocycles. The quantitative estimate of drug-likeness (QED) is 0.380. The maximum Gasteiger partial charge on any atom is 0.320 e. The molecule has 0 heterocycles. The van der Waals surface area contributed by atoms with Crippen molar-refractivity contribution in [2.24, 2.45) is 0 Å². The van der Waals surface area contributed by atoms with E-state index in [0.717, 1.165) is 6.42 Å². The Balaban J connectivity index is 3.77. The first-order valence-electron chi connectivity index (χ1n) is 4.44. The van der Waals surface area contributed by atoms with Crippen LogP contribution in [0.3, 0.4) is 0 Å². The monoisotopic (exact) mass is 198 g/mol. The van der Waals surface area contributed by atoms with Gasteiger partial charge in [-0.1, -0.05) is 19.1 Å². The first-order valence-corrected chi connectivity index (χ1v) is 4.44. The zero-order valence-electron chi connectivity index (χ0n) is 8.41. The van der Waals surface area contributed by atoms with Crippen LogP contribution < -0.4 is 0 Å². The number of Topliss-reactive ketones (excluding diaryl/α,β-unsaturated/α-hetero) is 1. The van der Waals surface area contributed by atoms with Gasteiger partial charge in [-0.2, -0.15) is 0 Å². The molecule has 0 saturated carbocycles. The van der Waals surface area contributed by atoms with Crippen molar-refractivity contribution in [3.63, 3.8) is 0 Å².